The van der Waals surface area contributed by atoms with Crippen LogP contribution in [0.1, 0.15) is 13.3 Å². The number of pyridine rings is 1. The predicted octanol–water partition coefficient (Wildman–Crippen LogP) is 0.480. The Labute approximate surface area is 119 Å². The summed E-state index contributed by atoms with van der Waals surface area (Å²) < 4.78 is 1.57. The lowest BCUT2D eigenvalue weighted by atomic mass is 10.2. The summed E-state index contributed by atoms with van der Waals surface area (Å²) in [6.45, 7) is 4.88. The molecule has 0 spiro atoms. The number of aryl methyl sites for hydroxylation is 1. The van der Waals surface area contributed by atoms with Crippen LogP contribution < -0.4 is 10.9 Å². The number of piperazine rings is 1. The van der Waals surface area contributed by atoms with Crippen LogP contribution in [0, 0.1) is 0 Å². The normalized spacial score (nSPS) is 18.8. The number of nitrogens with zero attached hydrogens (tertiary/aromatic N) is 2. The molecule has 2 heterocycles. The number of hydrogen-bond acceptors (Lipinski definition) is 3. The fraction of sp³-hybridized carbons (Fsp3) is 0.538. The van der Waals surface area contributed by atoms with Gasteiger partial charge in [-0.3, -0.25) is 9.59 Å². The lowest BCUT2D eigenvalue weighted by molar-refractivity contribution is -0.132. The lowest BCUT2D eigenvalue weighted by Crippen LogP contribution is -2.51. The van der Waals surface area contributed by atoms with Crippen molar-refractivity contribution in [2.45, 2.75) is 25.9 Å². The van der Waals surface area contributed by atoms with Gasteiger partial charge in [0.05, 0.1) is 0 Å². The zero-order valence-corrected chi connectivity index (χ0v) is 11.9. The SMILES string of the molecule is CC1CN(C(=O)CCn2ccccc2=O)CCN1.Cl. The van der Waals surface area contributed by atoms with Crippen molar-refractivity contribution in [3.63, 3.8) is 0 Å². The zero-order valence-electron chi connectivity index (χ0n) is 11.0. The molecule has 0 bridgehead atoms. The molecule has 1 fully saturated rings. The number of halogens is 1. The standard InChI is InChI=1S/C13H19N3O2.ClH/c1-11-10-16(9-6-14-11)13(18)5-8-15-7-3-2-4-12(15)17;/h2-4,7,11,14H,5-6,8-10H2,1H3;1H. The van der Waals surface area contributed by atoms with Crippen molar-refractivity contribution in [2.75, 3.05) is 19.6 Å². The van der Waals surface area contributed by atoms with Crippen LogP contribution in [0.5, 0.6) is 0 Å². The zero-order chi connectivity index (χ0) is 13.0. The molecule has 1 aliphatic rings. The van der Waals surface area contributed by atoms with Crippen molar-refractivity contribution in [2.24, 2.45) is 0 Å². The fourth-order valence-corrected chi connectivity index (χ4v) is 2.18. The van der Waals surface area contributed by atoms with E-state index >= 15 is 0 Å². The van der Waals surface area contributed by atoms with Crippen LogP contribution in [0.3, 0.4) is 0 Å². The maximum absolute atomic E-state index is 12.0. The second kappa shape index (κ2) is 7.31. The van der Waals surface area contributed by atoms with E-state index in [9.17, 15) is 9.59 Å². The summed E-state index contributed by atoms with van der Waals surface area (Å²) in [5, 5.41) is 3.30. The highest BCUT2D eigenvalue weighted by atomic mass is 35.5. The van der Waals surface area contributed by atoms with Crippen LogP contribution >= 0.6 is 12.4 Å². The Morgan fingerprint density at radius 1 is 1.47 bits per heavy atom. The van der Waals surface area contributed by atoms with E-state index in [2.05, 4.69) is 12.2 Å². The first-order valence-corrected chi connectivity index (χ1v) is 6.33. The minimum Gasteiger partial charge on any atom is -0.340 e. The third-order valence-corrected chi connectivity index (χ3v) is 3.19. The number of hydrogen-bond donors (Lipinski definition) is 1. The van der Waals surface area contributed by atoms with Gasteiger partial charge in [0.2, 0.25) is 5.91 Å². The van der Waals surface area contributed by atoms with Gasteiger partial charge in [0.25, 0.3) is 5.56 Å². The Bertz CT molecular complexity index is 475. The van der Waals surface area contributed by atoms with Gasteiger partial charge in [0, 0.05) is 50.9 Å². The molecular formula is C13H20ClN3O2. The van der Waals surface area contributed by atoms with E-state index in [1.54, 1.807) is 22.9 Å². The smallest absolute Gasteiger partial charge is 0.250 e. The molecule has 19 heavy (non-hydrogen) atoms. The van der Waals surface area contributed by atoms with Crippen LogP contribution in [0.2, 0.25) is 0 Å². The van der Waals surface area contributed by atoms with Crippen LogP contribution in [-0.2, 0) is 11.3 Å². The Balaban J connectivity index is 0.00000180. The van der Waals surface area contributed by atoms with E-state index in [0.29, 0.717) is 19.0 Å². The summed E-state index contributed by atoms with van der Waals surface area (Å²) in [4.78, 5) is 25.4. The Morgan fingerprint density at radius 2 is 2.26 bits per heavy atom. The highest BCUT2D eigenvalue weighted by Gasteiger charge is 2.19. The summed E-state index contributed by atoms with van der Waals surface area (Å²) in [5.74, 6) is 0.124. The number of amides is 1. The number of rotatable bonds is 3. The van der Waals surface area contributed by atoms with Crippen molar-refractivity contribution in [1.82, 2.24) is 14.8 Å². The summed E-state index contributed by atoms with van der Waals surface area (Å²) >= 11 is 0. The van der Waals surface area contributed by atoms with E-state index in [1.165, 1.54) is 6.07 Å². The average Bonchev–Trinajstić information content (AvgIpc) is 2.37. The van der Waals surface area contributed by atoms with E-state index in [0.717, 1.165) is 19.6 Å². The largest absolute Gasteiger partial charge is 0.340 e. The molecule has 1 aromatic rings. The molecule has 0 aliphatic carbocycles. The van der Waals surface area contributed by atoms with Gasteiger partial charge in [-0.15, -0.1) is 12.4 Å². The number of aromatic nitrogens is 1. The van der Waals surface area contributed by atoms with Gasteiger partial charge < -0.3 is 14.8 Å². The molecule has 1 amide bonds. The molecule has 1 atom stereocenters. The molecule has 1 saturated heterocycles. The molecule has 1 aliphatic heterocycles. The molecule has 0 saturated carbocycles. The summed E-state index contributed by atoms with van der Waals surface area (Å²) in [6, 6.07) is 5.37. The molecule has 1 aromatic heterocycles. The summed E-state index contributed by atoms with van der Waals surface area (Å²) in [5.41, 5.74) is -0.0565. The summed E-state index contributed by atoms with van der Waals surface area (Å²) in [6.07, 6.45) is 2.10. The van der Waals surface area contributed by atoms with Gasteiger partial charge in [-0.25, -0.2) is 0 Å². The molecule has 106 valence electrons. The minimum atomic E-state index is -0.0565. The van der Waals surface area contributed by atoms with Gasteiger partial charge in [-0.2, -0.15) is 0 Å². The average molecular weight is 286 g/mol. The molecule has 1 N–H and O–H groups in total. The van der Waals surface area contributed by atoms with Crippen LogP contribution in [0.25, 0.3) is 0 Å². The second-order valence-corrected chi connectivity index (χ2v) is 4.68. The van der Waals surface area contributed by atoms with Crippen molar-refractivity contribution >= 4 is 18.3 Å². The number of carbonyl (C=O) groups is 1. The van der Waals surface area contributed by atoms with E-state index in [-0.39, 0.29) is 23.9 Å². The van der Waals surface area contributed by atoms with E-state index < -0.39 is 0 Å². The quantitative estimate of drug-likeness (QED) is 0.879. The van der Waals surface area contributed by atoms with Crippen LogP contribution in [-0.4, -0.2) is 41.1 Å². The van der Waals surface area contributed by atoms with Crippen molar-refractivity contribution in [3.05, 3.63) is 34.7 Å². The number of nitrogens with one attached hydrogen (secondary N) is 1. The molecule has 2 rings (SSSR count). The summed E-state index contributed by atoms with van der Waals surface area (Å²) in [7, 11) is 0. The van der Waals surface area contributed by atoms with Gasteiger partial charge in [-0.1, -0.05) is 6.07 Å². The molecule has 1 unspecified atom stereocenters. The van der Waals surface area contributed by atoms with Crippen LogP contribution in [0.4, 0.5) is 0 Å². The third-order valence-electron chi connectivity index (χ3n) is 3.19. The van der Waals surface area contributed by atoms with Crippen molar-refractivity contribution in [3.8, 4) is 0 Å². The Kier molecular flexibility index (Phi) is 6.05. The Hall–Kier alpha value is -1.33. The van der Waals surface area contributed by atoms with Crippen LogP contribution in [0.15, 0.2) is 29.2 Å². The molecule has 5 nitrogen and oxygen atoms in total. The third kappa shape index (κ3) is 4.36. The molecular weight excluding hydrogens is 266 g/mol. The minimum absolute atomic E-state index is 0. The highest BCUT2D eigenvalue weighted by molar-refractivity contribution is 5.85. The van der Waals surface area contributed by atoms with Crippen molar-refractivity contribution in [1.29, 1.82) is 0 Å². The molecule has 0 radical (unpaired) electrons. The van der Waals surface area contributed by atoms with Gasteiger partial charge in [0.1, 0.15) is 0 Å². The first-order chi connectivity index (χ1) is 8.66. The lowest BCUT2D eigenvalue weighted by Gasteiger charge is -2.32. The second-order valence-electron chi connectivity index (χ2n) is 4.68. The first-order valence-electron chi connectivity index (χ1n) is 6.33. The van der Waals surface area contributed by atoms with E-state index in [4.69, 9.17) is 0 Å². The fourth-order valence-electron chi connectivity index (χ4n) is 2.18. The topological polar surface area (TPSA) is 54.3 Å². The maximum atomic E-state index is 12.0. The predicted molar refractivity (Wildman–Crippen MR) is 76.6 cm³/mol. The number of carbonyl (C=O) groups excluding carboxylic acids is 1. The van der Waals surface area contributed by atoms with E-state index in [1.807, 2.05) is 4.90 Å². The Morgan fingerprint density at radius 3 is 2.95 bits per heavy atom. The van der Waals surface area contributed by atoms with Gasteiger partial charge >= 0.3 is 0 Å². The van der Waals surface area contributed by atoms with Gasteiger partial charge in [-0.05, 0) is 13.0 Å². The molecule has 6 heteroatoms. The highest BCUT2D eigenvalue weighted by Crippen LogP contribution is 2.02. The first kappa shape index (κ1) is 15.7. The molecule has 0 aromatic carbocycles. The van der Waals surface area contributed by atoms with Gasteiger partial charge in [0.15, 0.2) is 0 Å². The maximum Gasteiger partial charge on any atom is 0.250 e. The van der Waals surface area contributed by atoms with Crippen molar-refractivity contribution < 1.29 is 4.79 Å². The monoisotopic (exact) mass is 285 g/mol.